The van der Waals surface area contributed by atoms with Gasteiger partial charge in [0.15, 0.2) is 0 Å². The molecule has 0 aliphatic heterocycles. The molecule has 0 spiro atoms. The summed E-state index contributed by atoms with van der Waals surface area (Å²) in [5, 5.41) is 3.25. The molecule has 0 radical (unpaired) electrons. The Kier molecular flexibility index (Phi) is 5.68. The normalized spacial score (nSPS) is 16.1. The van der Waals surface area contributed by atoms with Gasteiger partial charge in [-0.2, -0.15) is 0 Å². The van der Waals surface area contributed by atoms with Gasteiger partial charge in [-0.15, -0.1) is 0 Å². The van der Waals surface area contributed by atoms with E-state index >= 15 is 0 Å². The number of hydrogen-bond acceptors (Lipinski definition) is 3. The SMILES string of the molecule is Nc1ccc(Cl)cc1NC(=O)COCC1CCCCC1. The number of nitrogens with one attached hydrogen (secondary N) is 1. The van der Waals surface area contributed by atoms with Crippen molar-refractivity contribution in [2.75, 3.05) is 24.3 Å². The molecule has 1 fully saturated rings. The molecule has 2 rings (SSSR count). The lowest BCUT2D eigenvalue weighted by Crippen LogP contribution is -2.22. The van der Waals surface area contributed by atoms with Crippen LogP contribution in [0.3, 0.4) is 0 Å². The van der Waals surface area contributed by atoms with Crippen molar-refractivity contribution in [2.45, 2.75) is 32.1 Å². The standard InChI is InChI=1S/C15H21ClN2O2/c16-12-6-7-13(17)14(8-12)18-15(19)10-20-9-11-4-2-1-3-5-11/h6-8,11H,1-5,9-10,17H2,(H,18,19). The first-order valence-corrected chi connectivity index (χ1v) is 7.45. The van der Waals surface area contributed by atoms with Gasteiger partial charge < -0.3 is 15.8 Å². The molecule has 0 heterocycles. The minimum Gasteiger partial charge on any atom is -0.397 e. The Morgan fingerprint density at radius 1 is 1.35 bits per heavy atom. The number of rotatable bonds is 5. The molecule has 0 unspecified atom stereocenters. The van der Waals surface area contributed by atoms with E-state index in [1.807, 2.05) is 0 Å². The number of benzene rings is 1. The lowest BCUT2D eigenvalue weighted by molar-refractivity contribution is -0.121. The van der Waals surface area contributed by atoms with Crippen molar-refractivity contribution in [3.05, 3.63) is 23.2 Å². The van der Waals surface area contributed by atoms with Gasteiger partial charge in [-0.25, -0.2) is 0 Å². The average molecular weight is 297 g/mol. The third kappa shape index (κ3) is 4.69. The van der Waals surface area contributed by atoms with Crippen LogP contribution in [0.25, 0.3) is 0 Å². The molecule has 3 N–H and O–H groups in total. The van der Waals surface area contributed by atoms with Crippen LogP contribution in [0.2, 0.25) is 5.02 Å². The van der Waals surface area contributed by atoms with Crippen LogP contribution in [-0.2, 0) is 9.53 Å². The Morgan fingerprint density at radius 2 is 2.10 bits per heavy atom. The summed E-state index contributed by atoms with van der Waals surface area (Å²) in [6.45, 7) is 0.723. The van der Waals surface area contributed by atoms with Crippen LogP contribution in [0.1, 0.15) is 32.1 Å². The number of hydrogen-bond donors (Lipinski definition) is 2. The molecule has 0 aromatic heterocycles. The van der Waals surface area contributed by atoms with Crippen molar-refractivity contribution in [1.82, 2.24) is 0 Å². The summed E-state index contributed by atoms with van der Waals surface area (Å²) in [4.78, 5) is 11.8. The van der Waals surface area contributed by atoms with E-state index in [0.717, 1.165) is 0 Å². The van der Waals surface area contributed by atoms with Crippen molar-refractivity contribution in [1.29, 1.82) is 0 Å². The van der Waals surface area contributed by atoms with E-state index < -0.39 is 0 Å². The van der Waals surface area contributed by atoms with Gasteiger partial charge in [0.1, 0.15) is 6.61 Å². The molecule has 0 saturated heterocycles. The van der Waals surface area contributed by atoms with Gasteiger partial charge in [0.2, 0.25) is 5.91 Å². The zero-order valence-corrected chi connectivity index (χ0v) is 12.3. The summed E-state index contributed by atoms with van der Waals surface area (Å²) < 4.78 is 5.49. The van der Waals surface area contributed by atoms with E-state index in [2.05, 4.69) is 5.32 Å². The van der Waals surface area contributed by atoms with Crippen LogP contribution < -0.4 is 11.1 Å². The van der Waals surface area contributed by atoms with Gasteiger partial charge in [-0.1, -0.05) is 30.9 Å². The summed E-state index contributed by atoms with van der Waals surface area (Å²) in [5.41, 5.74) is 6.80. The van der Waals surface area contributed by atoms with Gasteiger partial charge >= 0.3 is 0 Å². The third-order valence-corrected chi connectivity index (χ3v) is 3.84. The van der Waals surface area contributed by atoms with E-state index in [0.29, 0.717) is 28.9 Å². The minimum absolute atomic E-state index is 0.0580. The van der Waals surface area contributed by atoms with E-state index in [-0.39, 0.29) is 12.5 Å². The van der Waals surface area contributed by atoms with E-state index in [1.165, 1.54) is 32.1 Å². The fourth-order valence-electron chi connectivity index (χ4n) is 2.50. The quantitative estimate of drug-likeness (QED) is 0.818. The van der Waals surface area contributed by atoms with Crippen molar-refractivity contribution < 1.29 is 9.53 Å². The highest BCUT2D eigenvalue weighted by Crippen LogP contribution is 2.24. The van der Waals surface area contributed by atoms with Gasteiger partial charge in [0, 0.05) is 5.02 Å². The van der Waals surface area contributed by atoms with Crippen molar-refractivity contribution >= 4 is 28.9 Å². The summed E-state index contributed by atoms with van der Waals surface area (Å²) in [6, 6.07) is 4.99. The number of nitrogens with two attached hydrogens (primary N) is 1. The first-order valence-electron chi connectivity index (χ1n) is 7.08. The predicted octanol–water partition coefficient (Wildman–Crippen LogP) is 3.46. The maximum atomic E-state index is 11.8. The number of ether oxygens (including phenoxy) is 1. The number of carbonyl (C=O) groups is 1. The van der Waals surface area contributed by atoms with Gasteiger partial charge in [-0.05, 0) is 37.0 Å². The molecule has 1 amide bonds. The largest absolute Gasteiger partial charge is 0.397 e. The maximum absolute atomic E-state index is 11.8. The number of anilines is 2. The molecule has 1 aromatic rings. The maximum Gasteiger partial charge on any atom is 0.250 e. The highest BCUT2D eigenvalue weighted by atomic mass is 35.5. The van der Waals surface area contributed by atoms with Crippen LogP contribution in [0, 0.1) is 5.92 Å². The van der Waals surface area contributed by atoms with Crippen LogP contribution in [0.5, 0.6) is 0 Å². The molecular formula is C15H21ClN2O2. The molecule has 4 nitrogen and oxygen atoms in total. The van der Waals surface area contributed by atoms with Gasteiger partial charge in [0.25, 0.3) is 0 Å². The van der Waals surface area contributed by atoms with Crippen LogP contribution in [-0.4, -0.2) is 19.1 Å². The molecule has 20 heavy (non-hydrogen) atoms. The highest BCUT2D eigenvalue weighted by Gasteiger charge is 2.14. The summed E-state index contributed by atoms with van der Waals surface area (Å²) in [6.07, 6.45) is 6.30. The molecule has 5 heteroatoms. The average Bonchev–Trinajstić information content (AvgIpc) is 2.44. The zero-order chi connectivity index (χ0) is 14.4. The number of halogens is 1. The predicted molar refractivity (Wildman–Crippen MR) is 81.9 cm³/mol. The minimum atomic E-state index is -0.199. The fraction of sp³-hybridized carbons (Fsp3) is 0.533. The second-order valence-electron chi connectivity index (χ2n) is 5.30. The number of carbonyl (C=O) groups excluding carboxylic acids is 1. The van der Waals surface area contributed by atoms with Crippen LogP contribution >= 0.6 is 11.6 Å². The lowest BCUT2D eigenvalue weighted by Gasteiger charge is -2.21. The van der Waals surface area contributed by atoms with Gasteiger partial charge in [-0.3, -0.25) is 4.79 Å². The Balaban J connectivity index is 1.73. The third-order valence-electron chi connectivity index (χ3n) is 3.60. The van der Waals surface area contributed by atoms with E-state index in [1.54, 1.807) is 18.2 Å². The Hall–Kier alpha value is -1.26. The smallest absolute Gasteiger partial charge is 0.250 e. The molecule has 0 bridgehead atoms. The first kappa shape index (κ1) is 15.1. The van der Waals surface area contributed by atoms with E-state index in [4.69, 9.17) is 22.1 Å². The highest BCUT2D eigenvalue weighted by molar-refractivity contribution is 6.31. The van der Waals surface area contributed by atoms with Crippen molar-refractivity contribution in [3.8, 4) is 0 Å². The molecule has 1 aliphatic rings. The number of nitrogen functional groups attached to an aromatic ring is 1. The molecular weight excluding hydrogens is 276 g/mol. The second kappa shape index (κ2) is 7.50. The molecule has 1 aliphatic carbocycles. The Bertz CT molecular complexity index is 459. The fourth-order valence-corrected chi connectivity index (χ4v) is 2.67. The first-order chi connectivity index (χ1) is 9.65. The van der Waals surface area contributed by atoms with Crippen molar-refractivity contribution in [3.63, 3.8) is 0 Å². The number of amides is 1. The monoisotopic (exact) mass is 296 g/mol. The Morgan fingerprint density at radius 3 is 2.85 bits per heavy atom. The molecule has 110 valence electrons. The molecule has 1 saturated carbocycles. The molecule has 0 atom stereocenters. The Labute approximate surface area is 124 Å². The summed E-state index contributed by atoms with van der Waals surface area (Å²) >= 11 is 5.87. The van der Waals surface area contributed by atoms with Crippen LogP contribution in [0.4, 0.5) is 11.4 Å². The molecule has 1 aromatic carbocycles. The lowest BCUT2D eigenvalue weighted by atomic mass is 9.90. The summed E-state index contributed by atoms with van der Waals surface area (Å²) in [5.74, 6) is 0.405. The topological polar surface area (TPSA) is 64.3 Å². The van der Waals surface area contributed by atoms with Gasteiger partial charge in [0.05, 0.1) is 18.0 Å². The summed E-state index contributed by atoms with van der Waals surface area (Å²) in [7, 11) is 0. The van der Waals surface area contributed by atoms with Crippen molar-refractivity contribution in [2.24, 2.45) is 5.92 Å². The van der Waals surface area contributed by atoms with Crippen LogP contribution in [0.15, 0.2) is 18.2 Å². The second-order valence-corrected chi connectivity index (χ2v) is 5.74. The zero-order valence-electron chi connectivity index (χ0n) is 11.5. The van der Waals surface area contributed by atoms with E-state index in [9.17, 15) is 4.79 Å².